The van der Waals surface area contributed by atoms with E-state index in [9.17, 15) is 4.79 Å². The monoisotopic (exact) mass is 296 g/mol. The van der Waals surface area contributed by atoms with Crippen LogP contribution in [0.2, 0.25) is 0 Å². The molecule has 3 unspecified atom stereocenters. The van der Waals surface area contributed by atoms with E-state index in [4.69, 9.17) is 4.74 Å². The first-order chi connectivity index (χ1) is 9.71. The maximum atomic E-state index is 12.9. The lowest BCUT2D eigenvalue weighted by molar-refractivity contribution is -0.140. The molecule has 2 heterocycles. The molecule has 0 radical (unpaired) electrons. The highest BCUT2D eigenvalue weighted by atomic mass is 16.5. The number of nitrogens with zero attached hydrogens (tertiary/aromatic N) is 1. The van der Waals surface area contributed by atoms with E-state index in [-0.39, 0.29) is 17.8 Å². The lowest BCUT2D eigenvalue weighted by Gasteiger charge is -2.42. The van der Waals surface area contributed by atoms with E-state index in [1.54, 1.807) is 0 Å². The third-order valence-corrected chi connectivity index (χ3v) is 4.65. The van der Waals surface area contributed by atoms with Gasteiger partial charge in [-0.3, -0.25) is 10.1 Å². The van der Waals surface area contributed by atoms with Crippen molar-refractivity contribution in [3.05, 3.63) is 0 Å². The molecule has 3 atom stereocenters. The summed E-state index contributed by atoms with van der Waals surface area (Å²) in [6.07, 6.45) is 3.09. The summed E-state index contributed by atoms with van der Waals surface area (Å²) in [6, 6.07) is 0.279. The molecule has 2 aliphatic rings. The molecule has 0 aromatic carbocycles. The number of hydrogen-bond donors (Lipinski definition) is 1. The molecule has 2 aliphatic heterocycles. The smallest absolute Gasteiger partial charge is 0.241 e. The maximum Gasteiger partial charge on any atom is 0.241 e. The Kier molecular flexibility index (Phi) is 4.99. The molecular weight excluding hydrogens is 264 g/mol. The molecule has 21 heavy (non-hydrogen) atoms. The summed E-state index contributed by atoms with van der Waals surface area (Å²) in [7, 11) is 0. The Hall–Kier alpha value is -0.610. The average Bonchev–Trinajstić information content (AvgIpc) is 2.64. The lowest BCUT2D eigenvalue weighted by atomic mass is 9.92. The Labute approximate surface area is 129 Å². The van der Waals surface area contributed by atoms with Crippen molar-refractivity contribution in [2.45, 2.75) is 84.7 Å². The quantitative estimate of drug-likeness (QED) is 0.867. The second-order valence-electron chi connectivity index (χ2n) is 8.03. The number of carbonyl (C=O) groups excluding carboxylic acids is 1. The van der Waals surface area contributed by atoms with Gasteiger partial charge in [0.1, 0.15) is 0 Å². The van der Waals surface area contributed by atoms with Crippen molar-refractivity contribution < 1.29 is 9.53 Å². The molecule has 0 aromatic rings. The van der Waals surface area contributed by atoms with Gasteiger partial charge in [-0.25, -0.2) is 0 Å². The standard InChI is InChI=1S/C17H32N2O2/c1-11(2)9-14-18-15(12(3)4)16(20)19(14)13-7-8-21-17(5,6)10-13/h11-15,18H,7-10H2,1-6H3. The van der Waals surface area contributed by atoms with Crippen LogP contribution < -0.4 is 5.32 Å². The van der Waals surface area contributed by atoms with Crippen molar-refractivity contribution in [2.75, 3.05) is 6.61 Å². The summed E-state index contributed by atoms with van der Waals surface area (Å²) < 4.78 is 5.82. The van der Waals surface area contributed by atoms with Gasteiger partial charge in [-0.1, -0.05) is 27.7 Å². The second kappa shape index (κ2) is 6.25. The van der Waals surface area contributed by atoms with Gasteiger partial charge >= 0.3 is 0 Å². The molecule has 1 N–H and O–H groups in total. The Balaban J connectivity index is 2.18. The Morgan fingerprint density at radius 3 is 2.52 bits per heavy atom. The molecule has 0 bridgehead atoms. The molecule has 0 spiro atoms. The van der Waals surface area contributed by atoms with Crippen LogP contribution in [0.3, 0.4) is 0 Å². The highest BCUT2D eigenvalue weighted by Crippen LogP contribution is 2.32. The average molecular weight is 296 g/mol. The predicted octanol–water partition coefficient (Wildman–Crippen LogP) is 2.77. The van der Waals surface area contributed by atoms with E-state index in [1.807, 2.05) is 0 Å². The highest BCUT2D eigenvalue weighted by molar-refractivity contribution is 5.85. The van der Waals surface area contributed by atoms with Crippen LogP contribution in [0.15, 0.2) is 0 Å². The van der Waals surface area contributed by atoms with Gasteiger partial charge < -0.3 is 9.64 Å². The van der Waals surface area contributed by atoms with Gasteiger partial charge in [0.15, 0.2) is 0 Å². The molecule has 4 nitrogen and oxygen atoms in total. The normalized spacial score (nSPS) is 33.2. The third kappa shape index (κ3) is 3.78. The van der Waals surface area contributed by atoms with Crippen molar-refractivity contribution in [1.29, 1.82) is 0 Å². The van der Waals surface area contributed by atoms with E-state index in [0.29, 0.717) is 23.8 Å². The third-order valence-electron chi connectivity index (χ3n) is 4.65. The summed E-state index contributed by atoms with van der Waals surface area (Å²) in [6.45, 7) is 13.7. The molecule has 122 valence electrons. The number of carbonyl (C=O) groups is 1. The fraction of sp³-hybridized carbons (Fsp3) is 0.941. The summed E-state index contributed by atoms with van der Waals surface area (Å²) in [5, 5.41) is 3.58. The molecule has 4 heteroatoms. The van der Waals surface area contributed by atoms with Crippen molar-refractivity contribution in [1.82, 2.24) is 10.2 Å². The van der Waals surface area contributed by atoms with E-state index >= 15 is 0 Å². The van der Waals surface area contributed by atoms with E-state index < -0.39 is 0 Å². The number of hydrogen-bond acceptors (Lipinski definition) is 3. The largest absolute Gasteiger partial charge is 0.375 e. The molecule has 2 rings (SSSR count). The minimum atomic E-state index is -0.124. The van der Waals surface area contributed by atoms with Gasteiger partial charge in [-0.15, -0.1) is 0 Å². The Morgan fingerprint density at radius 2 is 2.00 bits per heavy atom. The SMILES string of the molecule is CC(C)CC1NC(C(C)C)C(=O)N1C1CCOC(C)(C)C1. The number of rotatable bonds is 4. The highest BCUT2D eigenvalue weighted by Gasteiger charge is 2.45. The van der Waals surface area contributed by atoms with Gasteiger partial charge in [0, 0.05) is 12.6 Å². The number of ether oxygens (including phenoxy) is 1. The number of nitrogens with one attached hydrogen (secondary N) is 1. The molecule has 1 amide bonds. The van der Waals surface area contributed by atoms with Crippen LogP contribution in [-0.4, -0.2) is 41.3 Å². The summed E-state index contributed by atoms with van der Waals surface area (Å²) in [5.41, 5.74) is -0.124. The van der Waals surface area contributed by atoms with Crippen LogP contribution in [0, 0.1) is 11.8 Å². The topological polar surface area (TPSA) is 41.6 Å². The summed E-state index contributed by atoms with van der Waals surface area (Å²) in [5.74, 6) is 1.21. The molecule has 0 aliphatic carbocycles. The predicted molar refractivity (Wildman–Crippen MR) is 84.9 cm³/mol. The molecule has 2 fully saturated rings. The van der Waals surface area contributed by atoms with Crippen LogP contribution in [0.25, 0.3) is 0 Å². The van der Waals surface area contributed by atoms with E-state index in [2.05, 4.69) is 51.8 Å². The summed E-state index contributed by atoms with van der Waals surface area (Å²) in [4.78, 5) is 15.0. The molecule has 2 saturated heterocycles. The van der Waals surface area contributed by atoms with Crippen LogP contribution in [-0.2, 0) is 9.53 Å². The molecule has 0 aromatic heterocycles. The second-order valence-corrected chi connectivity index (χ2v) is 8.03. The van der Waals surface area contributed by atoms with Crippen molar-refractivity contribution >= 4 is 5.91 Å². The fourth-order valence-corrected chi connectivity index (χ4v) is 3.65. The first-order valence-corrected chi connectivity index (χ1v) is 8.43. The molecule has 0 saturated carbocycles. The summed E-state index contributed by atoms with van der Waals surface area (Å²) >= 11 is 0. The van der Waals surface area contributed by atoms with Crippen molar-refractivity contribution in [2.24, 2.45) is 11.8 Å². The minimum Gasteiger partial charge on any atom is -0.375 e. The zero-order valence-electron chi connectivity index (χ0n) is 14.5. The zero-order chi connectivity index (χ0) is 15.8. The van der Waals surface area contributed by atoms with Crippen LogP contribution in [0.5, 0.6) is 0 Å². The lowest BCUT2D eigenvalue weighted by Crippen LogP contribution is -2.51. The van der Waals surface area contributed by atoms with Gasteiger partial charge in [0.25, 0.3) is 0 Å². The van der Waals surface area contributed by atoms with Crippen LogP contribution in [0.1, 0.15) is 60.8 Å². The number of amides is 1. The van der Waals surface area contributed by atoms with Crippen molar-refractivity contribution in [3.63, 3.8) is 0 Å². The Bertz CT molecular complexity index is 379. The fourth-order valence-electron chi connectivity index (χ4n) is 3.65. The molecular formula is C17H32N2O2. The van der Waals surface area contributed by atoms with Gasteiger partial charge in [0.2, 0.25) is 5.91 Å². The van der Waals surface area contributed by atoms with Crippen LogP contribution >= 0.6 is 0 Å². The first kappa shape index (κ1) is 16.8. The van der Waals surface area contributed by atoms with E-state index in [0.717, 1.165) is 25.9 Å². The maximum absolute atomic E-state index is 12.9. The van der Waals surface area contributed by atoms with E-state index in [1.165, 1.54) is 0 Å². The van der Waals surface area contributed by atoms with Crippen LogP contribution in [0.4, 0.5) is 0 Å². The first-order valence-electron chi connectivity index (χ1n) is 8.43. The zero-order valence-corrected chi connectivity index (χ0v) is 14.5. The van der Waals surface area contributed by atoms with Gasteiger partial charge in [-0.05, 0) is 44.9 Å². The van der Waals surface area contributed by atoms with Gasteiger partial charge in [-0.2, -0.15) is 0 Å². The van der Waals surface area contributed by atoms with Gasteiger partial charge in [0.05, 0.1) is 17.8 Å². The van der Waals surface area contributed by atoms with Crippen molar-refractivity contribution in [3.8, 4) is 0 Å². The Morgan fingerprint density at radius 1 is 1.33 bits per heavy atom. The minimum absolute atomic E-state index is 0.0280.